The number of esters is 1. The Hall–Kier alpha value is -3.36. The van der Waals surface area contributed by atoms with E-state index in [1.807, 2.05) is 0 Å². The topological polar surface area (TPSA) is 69.5 Å². The fourth-order valence-electron chi connectivity index (χ4n) is 2.43. The minimum atomic E-state index is -4.44. The van der Waals surface area contributed by atoms with E-state index >= 15 is 0 Å². The summed E-state index contributed by atoms with van der Waals surface area (Å²) in [5.74, 6) is -0.692. The van der Waals surface area contributed by atoms with Crippen molar-refractivity contribution >= 4 is 17.4 Å². The van der Waals surface area contributed by atoms with E-state index in [-0.39, 0.29) is 23.6 Å². The lowest BCUT2D eigenvalue weighted by atomic mass is 10.0. The number of hydrogen-bond acceptors (Lipinski definition) is 6. The van der Waals surface area contributed by atoms with Crippen LogP contribution < -0.4 is 0 Å². The Morgan fingerprint density at radius 1 is 1.03 bits per heavy atom. The van der Waals surface area contributed by atoms with Gasteiger partial charge < -0.3 is 14.4 Å². The van der Waals surface area contributed by atoms with Crippen LogP contribution in [0, 0.1) is 0 Å². The van der Waals surface area contributed by atoms with Crippen molar-refractivity contribution in [3.05, 3.63) is 70.8 Å². The average molecular weight is 408 g/mol. The van der Waals surface area contributed by atoms with E-state index in [0.717, 1.165) is 12.1 Å². The highest BCUT2D eigenvalue weighted by atomic mass is 19.4. The molecule has 2 aromatic rings. The van der Waals surface area contributed by atoms with Crippen LogP contribution in [0.3, 0.4) is 0 Å². The summed E-state index contributed by atoms with van der Waals surface area (Å²) in [5.41, 5.74) is 0.722. The summed E-state index contributed by atoms with van der Waals surface area (Å²) in [6.45, 7) is 1.49. The minimum absolute atomic E-state index is 0.0484. The third-order valence-corrected chi connectivity index (χ3v) is 3.86. The maximum atomic E-state index is 12.9. The van der Waals surface area contributed by atoms with Crippen molar-refractivity contribution in [1.82, 2.24) is 0 Å². The van der Waals surface area contributed by atoms with Crippen LogP contribution in [0.25, 0.3) is 0 Å². The highest BCUT2D eigenvalue weighted by Gasteiger charge is 2.30. The fraction of sp³-hybridized carbons (Fsp3) is 0.250. The third-order valence-electron chi connectivity index (χ3n) is 3.86. The maximum Gasteiger partial charge on any atom is 0.416 e. The quantitative estimate of drug-likeness (QED) is 0.392. The monoisotopic (exact) mass is 408 g/mol. The zero-order valence-electron chi connectivity index (χ0n) is 16.0. The van der Waals surface area contributed by atoms with Crippen LogP contribution in [-0.2, 0) is 32.0 Å². The first kappa shape index (κ1) is 21.9. The lowest BCUT2D eigenvalue weighted by Gasteiger charge is -2.10. The van der Waals surface area contributed by atoms with Gasteiger partial charge >= 0.3 is 12.1 Å². The van der Waals surface area contributed by atoms with E-state index in [1.54, 1.807) is 24.3 Å². The van der Waals surface area contributed by atoms with Gasteiger partial charge in [-0.3, -0.25) is 0 Å². The van der Waals surface area contributed by atoms with Gasteiger partial charge in [0.1, 0.15) is 13.7 Å². The van der Waals surface area contributed by atoms with Crippen molar-refractivity contribution in [1.29, 1.82) is 0 Å². The second kappa shape index (κ2) is 9.72. The molecule has 9 heteroatoms. The van der Waals surface area contributed by atoms with E-state index in [9.17, 15) is 18.0 Å². The smallest absolute Gasteiger partial charge is 0.416 e. The number of carbonyl (C=O) groups excluding carboxylic acids is 1. The molecule has 2 rings (SSSR count). The van der Waals surface area contributed by atoms with Gasteiger partial charge in [0.2, 0.25) is 0 Å². The zero-order valence-corrected chi connectivity index (χ0v) is 16.0. The molecule has 0 fully saturated rings. The predicted molar refractivity (Wildman–Crippen MR) is 100 cm³/mol. The molecule has 0 aromatic heterocycles. The average Bonchev–Trinajstić information content (AvgIpc) is 2.71. The second-order valence-electron chi connectivity index (χ2n) is 5.80. The molecular formula is C20H19F3N2O4. The Bertz CT molecular complexity index is 924. The molecule has 0 bridgehead atoms. The molecule has 0 atom stereocenters. The van der Waals surface area contributed by atoms with Crippen LogP contribution in [0.15, 0.2) is 58.8 Å². The van der Waals surface area contributed by atoms with Crippen molar-refractivity contribution in [3.63, 3.8) is 0 Å². The lowest BCUT2D eigenvalue weighted by Crippen LogP contribution is -2.19. The summed E-state index contributed by atoms with van der Waals surface area (Å²) in [7, 11) is 2.51. The van der Waals surface area contributed by atoms with Crippen LogP contribution in [0.1, 0.15) is 29.2 Å². The summed E-state index contributed by atoms with van der Waals surface area (Å²) < 4.78 is 43.3. The van der Waals surface area contributed by atoms with Crippen LogP contribution >= 0.6 is 0 Å². The second-order valence-corrected chi connectivity index (χ2v) is 5.80. The Balaban J connectivity index is 2.21. The van der Waals surface area contributed by atoms with Gasteiger partial charge in [-0.2, -0.15) is 13.2 Å². The van der Waals surface area contributed by atoms with Crippen LogP contribution in [0.4, 0.5) is 13.2 Å². The molecule has 154 valence electrons. The summed E-state index contributed by atoms with van der Waals surface area (Å²) in [4.78, 5) is 21.9. The van der Waals surface area contributed by atoms with Crippen molar-refractivity contribution < 1.29 is 32.4 Å². The highest BCUT2D eigenvalue weighted by molar-refractivity contribution is 6.43. The molecule has 0 aliphatic heterocycles. The molecule has 0 N–H and O–H groups in total. The molecule has 0 saturated carbocycles. The molecule has 0 saturated heterocycles. The van der Waals surface area contributed by atoms with Crippen molar-refractivity contribution in [2.24, 2.45) is 10.3 Å². The highest BCUT2D eigenvalue weighted by Crippen LogP contribution is 2.29. The summed E-state index contributed by atoms with van der Waals surface area (Å²) in [5, 5.41) is 7.58. The Morgan fingerprint density at radius 2 is 1.76 bits per heavy atom. The summed E-state index contributed by atoms with van der Waals surface area (Å²) in [6.07, 6.45) is -4.44. The van der Waals surface area contributed by atoms with E-state index in [2.05, 4.69) is 10.3 Å². The van der Waals surface area contributed by atoms with Gasteiger partial charge in [0, 0.05) is 11.1 Å². The Morgan fingerprint density at radius 3 is 2.41 bits per heavy atom. The number of rotatable bonds is 7. The summed E-state index contributed by atoms with van der Waals surface area (Å²) >= 11 is 0. The molecule has 29 heavy (non-hydrogen) atoms. The van der Waals surface area contributed by atoms with Gasteiger partial charge in [0.05, 0.1) is 18.4 Å². The molecule has 2 aromatic carbocycles. The van der Waals surface area contributed by atoms with Gasteiger partial charge in [-0.05, 0) is 24.6 Å². The largest absolute Gasteiger partial charge is 0.464 e. The van der Waals surface area contributed by atoms with Crippen molar-refractivity contribution in [2.45, 2.75) is 19.7 Å². The van der Waals surface area contributed by atoms with Crippen LogP contribution in [0.5, 0.6) is 0 Å². The summed E-state index contributed by atoms with van der Waals surface area (Å²) in [6, 6.07) is 11.5. The Kier molecular flexibility index (Phi) is 7.35. The third kappa shape index (κ3) is 5.81. The van der Waals surface area contributed by atoms with Crippen molar-refractivity contribution in [3.8, 4) is 0 Å². The number of halogens is 3. The van der Waals surface area contributed by atoms with E-state index in [1.165, 1.54) is 33.3 Å². The number of oxime groups is 2. The number of benzene rings is 2. The van der Waals surface area contributed by atoms with E-state index < -0.39 is 17.7 Å². The number of methoxy groups -OCH3 is 1. The molecular weight excluding hydrogens is 389 g/mol. The molecule has 6 nitrogen and oxygen atoms in total. The first-order valence-corrected chi connectivity index (χ1v) is 8.39. The fourth-order valence-corrected chi connectivity index (χ4v) is 2.43. The van der Waals surface area contributed by atoms with Crippen LogP contribution in [-0.4, -0.2) is 31.6 Å². The van der Waals surface area contributed by atoms with Gasteiger partial charge in [0.15, 0.2) is 5.71 Å². The zero-order chi connectivity index (χ0) is 21.4. The molecule has 0 radical (unpaired) electrons. The van der Waals surface area contributed by atoms with E-state index in [0.29, 0.717) is 11.1 Å². The predicted octanol–water partition coefficient (Wildman–Crippen LogP) is 4.17. The number of ether oxygens (including phenoxy) is 1. The minimum Gasteiger partial charge on any atom is -0.464 e. The number of nitrogens with zero attached hydrogens (tertiary/aromatic N) is 2. The normalized spacial score (nSPS) is 12.5. The molecule has 0 amide bonds. The maximum absolute atomic E-state index is 12.9. The van der Waals surface area contributed by atoms with Crippen molar-refractivity contribution in [2.75, 3.05) is 14.2 Å². The number of carbonyl (C=O) groups is 1. The first-order chi connectivity index (χ1) is 13.8. The number of alkyl halides is 3. The van der Waals surface area contributed by atoms with E-state index in [4.69, 9.17) is 14.4 Å². The van der Waals surface area contributed by atoms with Gasteiger partial charge in [0.25, 0.3) is 0 Å². The standard InChI is InChI=1S/C20H19F3N2O4/c1-13(14-8-6-9-16(11-14)20(21,22)23)24-29-12-15-7-4-5-10-17(15)18(25-28-3)19(26)27-2/h4-11H,12H2,1-3H3/b24-13+,25-18?. The molecule has 0 spiro atoms. The molecule has 0 heterocycles. The van der Waals surface area contributed by atoms with Gasteiger partial charge in [-0.25, -0.2) is 4.79 Å². The molecule has 0 unspecified atom stereocenters. The van der Waals surface area contributed by atoms with Crippen LogP contribution in [0.2, 0.25) is 0 Å². The SMILES string of the molecule is CON=C(C(=O)OC)c1ccccc1CO/N=C(\C)c1cccc(C(F)(F)F)c1. The van der Waals surface area contributed by atoms with Gasteiger partial charge in [-0.1, -0.05) is 46.7 Å². The number of hydrogen-bond donors (Lipinski definition) is 0. The lowest BCUT2D eigenvalue weighted by molar-refractivity contribution is -0.137. The first-order valence-electron chi connectivity index (χ1n) is 8.39. The molecule has 0 aliphatic carbocycles. The van der Waals surface area contributed by atoms with Gasteiger partial charge in [-0.15, -0.1) is 0 Å². The Labute approximate surface area is 165 Å². The molecule has 0 aliphatic rings.